The van der Waals surface area contributed by atoms with Crippen molar-refractivity contribution in [1.29, 1.82) is 0 Å². The van der Waals surface area contributed by atoms with Crippen LogP contribution in [0.1, 0.15) is 50.2 Å². The molecule has 1 aromatic rings. The van der Waals surface area contributed by atoms with Gasteiger partial charge in [-0.05, 0) is 27.2 Å². The lowest BCUT2D eigenvalue weighted by atomic mass is 10.0. The largest absolute Gasteiger partial charge is 0.618 e. The van der Waals surface area contributed by atoms with Gasteiger partial charge in [-0.3, -0.25) is 0 Å². The maximum Gasteiger partial charge on any atom is 0.514 e. The van der Waals surface area contributed by atoms with Crippen molar-refractivity contribution in [2.45, 2.75) is 53.6 Å². The first kappa shape index (κ1) is 17.0. The van der Waals surface area contributed by atoms with E-state index in [9.17, 15) is 10.0 Å². The number of ether oxygens (including phenoxy) is 2. The average Bonchev–Trinajstić information content (AvgIpc) is 2.35. The van der Waals surface area contributed by atoms with Crippen LogP contribution >= 0.6 is 0 Å². The van der Waals surface area contributed by atoms with Crippen molar-refractivity contribution >= 4 is 12.2 Å². The summed E-state index contributed by atoms with van der Waals surface area (Å²) in [6, 6.07) is 0. The molecule has 0 spiro atoms. The quantitative estimate of drug-likeness (QED) is 0.486. The second-order valence-electron chi connectivity index (χ2n) is 5.81. The zero-order valence-corrected chi connectivity index (χ0v) is 13.6. The molecule has 0 aromatic carbocycles. The Morgan fingerprint density at radius 1 is 1.33 bits per heavy atom. The van der Waals surface area contributed by atoms with Gasteiger partial charge in [0, 0.05) is 13.8 Å². The summed E-state index contributed by atoms with van der Waals surface area (Å²) in [4.78, 5) is 11.9. The molecule has 0 aliphatic heterocycles. The number of hydrogen-bond donors (Lipinski definition) is 0. The Labute approximate surface area is 125 Å². The smallest absolute Gasteiger partial charge is 0.514 e. The summed E-state index contributed by atoms with van der Waals surface area (Å²) < 4.78 is 11.4. The summed E-state index contributed by atoms with van der Waals surface area (Å²) in [6.45, 7) is 14.2. The van der Waals surface area contributed by atoms with E-state index >= 15 is 0 Å². The highest BCUT2D eigenvalue weighted by Gasteiger charge is 2.26. The second-order valence-corrected chi connectivity index (χ2v) is 5.81. The lowest BCUT2D eigenvalue weighted by Gasteiger charge is -2.21. The molecule has 0 saturated heterocycles. The van der Waals surface area contributed by atoms with E-state index in [-0.39, 0.29) is 0 Å². The van der Waals surface area contributed by atoms with Crippen molar-refractivity contribution in [3.8, 4) is 5.75 Å². The second kappa shape index (κ2) is 6.16. The molecule has 21 heavy (non-hydrogen) atoms. The molecule has 1 heterocycles. The Balaban J connectivity index is 3.34. The van der Waals surface area contributed by atoms with Crippen molar-refractivity contribution in [2.24, 2.45) is 0 Å². The van der Waals surface area contributed by atoms with Gasteiger partial charge in [0.2, 0.25) is 5.69 Å². The van der Waals surface area contributed by atoms with Crippen LogP contribution < -0.4 is 9.47 Å². The Kier molecular flexibility index (Phi) is 4.99. The van der Waals surface area contributed by atoms with Crippen LogP contribution in [0.15, 0.2) is 6.58 Å². The van der Waals surface area contributed by atoms with Gasteiger partial charge in [0.05, 0.1) is 11.1 Å². The fraction of sp³-hybridized carbons (Fsp3) is 0.500. The van der Waals surface area contributed by atoms with Crippen molar-refractivity contribution in [2.75, 3.05) is 0 Å². The molecule has 0 N–H and O–H groups in total. The topological polar surface area (TPSA) is 62.5 Å². The predicted octanol–water partition coefficient (Wildman–Crippen LogP) is 3.46. The van der Waals surface area contributed by atoms with Crippen LogP contribution in [0.5, 0.6) is 5.75 Å². The van der Waals surface area contributed by atoms with Crippen LogP contribution in [0.2, 0.25) is 0 Å². The predicted molar refractivity (Wildman–Crippen MR) is 81.2 cm³/mol. The van der Waals surface area contributed by atoms with Gasteiger partial charge in [-0.1, -0.05) is 19.6 Å². The van der Waals surface area contributed by atoms with E-state index in [4.69, 9.17) is 9.47 Å². The third-order valence-electron chi connectivity index (χ3n) is 3.09. The number of hydrogen-bond acceptors (Lipinski definition) is 4. The number of carbonyl (C=O) groups is 1. The van der Waals surface area contributed by atoms with Crippen molar-refractivity contribution in [3.05, 3.63) is 34.3 Å². The molecule has 116 valence electrons. The van der Waals surface area contributed by atoms with Crippen molar-refractivity contribution in [3.63, 3.8) is 0 Å². The van der Waals surface area contributed by atoms with Gasteiger partial charge in [-0.25, -0.2) is 4.79 Å². The number of carbonyl (C=O) groups excluding carboxylic acids is 1. The van der Waals surface area contributed by atoms with Gasteiger partial charge in [-0.15, -0.1) is 0 Å². The normalized spacial score (nSPS) is 11.1. The van der Waals surface area contributed by atoms with Crippen LogP contribution in [-0.4, -0.2) is 11.8 Å². The van der Waals surface area contributed by atoms with Gasteiger partial charge < -0.3 is 14.7 Å². The third kappa shape index (κ3) is 3.74. The van der Waals surface area contributed by atoms with Crippen LogP contribution in [0.25, 0.3) is 6.08 Å². The first-order valence-electron chi connectivity index (χ1n) is 6.91. The Bertz CT molecular complexity index is 571. The van der Waals surface area contributed by atoms with Crippen molar-refractivity contribution < 1.29 is 19.0 Å². The van der Waals surface area contributed by atoms with E-state index in [1.165, 1.54) is 6.08 Å². The minimum atomic E-state index is -0.789. The lowest BCUT2D eigenvalue weighted by molar-refractivity contribution is -0.619. The van der Waals surface area contributed by atoms with Gasteiger partial charge in [0.15, 0.2) is 11.4 Å². The Morgan fingerprint density at radius 3 is 2.33 bits per heavy atom. The summed E-state index contributed by atoms with van der Waals surface area (Å²) in [6.07, 6.45) is 1.29. The van der Waals surface area contributed by atoms with Crippen LogP contribution in [0, 0.1) is 19.1 Å². The number of nitrogens with zero attached hydrogens (tertiary/aromatic N) is 1. The molecule has 0 radical (unpaired) electrons. The summed E-state index contributed by atoms with van der Waals surface area (Å²) in [5, 5.41) is 12.1. The molecular weight excluding hydrogens is 270 g/mol. The highest BCUT2D eigenvalue weighted by Crippen LogP contribution is 2.29. The molecule has 1 rings (SSSR count). The minimum Gasteiger partial charge on any atom is -0.618 e. The number of pyridine rings is 1. The van der Waals surface area contributed by atoms with Crippen molar-refractivity contribution in [1.82, 2.24) is 0 Å². The first-order chi connectivity index (χ1) is 9.62. The first-order valence-corrected chi connectivity index (χ1v) is 6.91. The monoisotopic (exact) mass is 293 g/mol. The molecule has 0 amide bonds. The number of aromatic nitrogens is 1. The molecule has 0 saturated carbocycles. The maximum atomic E-state index is 12.1. The third-order valence-corrected chi connectivity index (χ3v) is 3.09. The van der Waals surface area contributed by atoms with Crippen LogP contribution in [0.3, 0.4) is 0 Å². The maximum absolute atomic E-state index is 12.1. The fourth-order valence-electron chi connectivity index (χ4n) is 2.10. The Hall–Kier alpha value is -2.04. The molecular formula is C16H23NO4. The molecule has 1 aromatic heterocycles. The highest BCUT2D eigenvalue weighted by atomic mass is 16.7. The van der Waals surface area contributed by atoms with E-state index in [2.05, 4.69) is 6.58 Å². The van der Waals surface area contributed by atoms with E-state index in [1.54, 1.807) is 34.6 Å². The zero-order valence-electron chi connectivity index (χ0n) is 13.6. The molecule has 0 bridgehead atoms. The average molecular weight is 293 g/mol. The van der Waals surface area contributed by atoms with E-state index in [0.29, 0.717) is 34.7 Å². The van der Waals surface area contributed by atoms with E-state index in [1.807, 2.05) is 6.92 Å². The van der Waals surface area contributed by atoms with Crippen LogP contribution in [-0.2, 0) is 11.2 Å². The summed E-state index contributed by atoms with van der Waals surface area (Å²) >= 11 is 0. The Morgan fingerprint density at radius 2 is 1.90 bits per heavy atom. The molecule has 5 nitrogen and oxygen atoms in total. The van der Waals surface area contributed by atoms with E-state index in [0.717, 1.165) is 4.73 Å². The van der Waals surface area contributed by atoms with Gasteiger partial charge in [0.25, 0.3) is 0 Å². The van der Waals surface area contributed by atoms with Gasteiger partial charge in [-0.2, -0.15) is 4.73 Å². The number of rotatable bonds is 3. The molecule has 0 aliphatic rings. The van der Waals surface area contributed by atoms with Crippen LogP contribution in [0.4, 0.5) is 4.79 Å². The molecule has 0 aliphatic carbocycles. The summed E-state index contributed by atoms with van der Waals surface area (Å²) in [5.41, 5.74) is 1.50. The highest BCUT2D eigenvalue weighted by molar-refractivity contribution is 5.70. The lowest BCUT2D eigenvalue weighted by Crippen LogP contribution is -2.37. The standard InChI is InChI=1S/C16H23NO4/c1-8-12-10(3)17(19)11(4)13(9-2)14(12)20-15(18)21-16(5,6)7/h8H,1,9H2,2-7H3. The van der Waals surface area contributed by atoms with E-state index < -0.39 is 11.8 Å². The molecule has 0 atom stereocenters. The summed E-state index contributed by atoms with van der Waals surface area (Å²) in [7, 11) is 0. The van der Waals surface area contributed by atoms with Gasteiger partial charge >= 0.3 is 6.16 Å². The SMILES string of the molecule is C=Cc1c(OC(=O)OC(C)(C)C)c(CC)c(C)[n+]([O-])c1C. The molecule has 5 heteroatoms. The minimum absolute atomic E-state index is 0.351. The fourth-order valence-corrected chi connectivity index (χ4v) is 2.10. The molecule has 0 fully saturated rings. The zero-order chi connectivity index (χ0) is 16.4. The molecule has 0 unspecified atom stereocenters. The summed E-state index contributed by atoms with van der Waals surface area (Å²) in [5.74, 6) is 0.351. The van der Waals surface area contributed by atoms with Gasteiger partial charge in [0.1, 0.15) is 5.60 Å².